The van der Waals surface area contributed by atoms with Gasteiger partial charge in [0.2, 0.25) is 5.91 Å². The number of hydrogen-bond donors (Lipinski definition) is 3. The van der Waals surface area contributed by atoms with Crippen molar-refractivity contribution in [1.82, 2.24) is 25.2 Å². The summed E-state index contributed by atoms with van der Waals surface area (Å²) in [6.45, 7) is 20.1. The molecule has 7 heteroatoms. The van der Waals surface area contributed by atoms with E-state index in [1.807, 2.05) is 43.2 Å². The summed E-state index contributed by atoms with van der Waals surface area (Å²) in [5, 5.41) is 3.55. The van der Waals surface area contributed by atoms with Crippen LogP contribution in [0.4, 0.5) is 0 Å². The maximum atomic E-state index is 12.7. The third kappa shape index (κ3) is 6.57. The third-order valence-corrected chi connectivity index (χ3v) is 8.10. The number of H-pyrrole nitrogens is 2. The molecular formula is C34H45N5O2. The monoisotopic (exact) mass is 555 g/mol. The molecule has 218 valence electrons. The molecule has 1 amide bonds. The van der Waals surface area contributed by atoms with Gasteiger partial charge in [0.1, 0.15) is 17.3 Å². The second kappa shape index (κ2) is 13.7. The van der Waals surface area contributed by atoms with E-state index in [1.54, 1.807) is 6.08 Å². The van der Waals surface area contributed by atoms with Crippen LogP contribution in [0.5, 0.6) is 0 Å². The molecule has 0 aliphatic carbocycles. The number of amides is 1. The number of carbonyl (C=O) groups is 1. The van der Waals surface area contributed by atoms with Crippen molar-refractivity contribution in [2.24, 2.45) is 0 Å². The van der Waals surface area contributed by atoms with Crippen molar-refractivity contribution in [1.29, 1.82) is 0 Å². The standard InChI is InChI=1S/C34H45N5O2/c1-8-14-33(40)39(12-5)30(11-4)34-36-21-29(38-34)25(10-3)20-32-23(7)22(6)31(41-32)19-24(9-2)26-16-17-28(37-26)27-15-13-18-35-27/h9-10,16-17,19-21,27,30,35,37H,2-3,8,11-15,18H2,1,4-7H3,(H,36,38)/b24-19+,25-20+. The van der Waals surface area contributed by atoms with Crippen molar-refractivity contribution < 1.29 is 9.21 Å². The first-order valence-corrected chi connectivity index (χ1v) is 14.9. The fourth-order valence-corrected chi connectivity index (χ4v) is 5.57. The molecule has 1 aliphatic heterocycles. The first-order chi connectivity index (χ1) is 19.8. The lowest BCUT2D eigenvalue weighted by molar-refractivity contribution is -0.133. The van der Waals surface area contributed by atoms with E-state index in [2.05, 4.69) is 66.3 Å². The highest BCUT2D eigenvalue weighted by Gasteiger charge is 2.25. The summed E-state index contributed by atoms with van der Waals surface area (Å²) in [4.78, 5) is 26.3. The number of aromatic amines is 2. The van der Waals surface area contributed by atoms with Gasteiger partial charge < -0.3 is 24.6 Å². The van der Waals surface area contributed by atoms with Gasteiger partial charge in [-0.15, -0.1) is 0 Å². The van der Waals surface area contributed by atoms with Gasteiger partial charge in [-0.25, -0.2) is 4.98 Å². The third-order valence-electron chi connectivity index (χ3n) is 8.10. The molecule has 3 aromatic rings. The molecule has 1 aliphatic rings. The van der Waals surface area contributed by atoms with Crippen molar-refractivity contribution in [2.75, 3.05) is 13.1 Å². The Bertz CT molecular complexity index is 1430. The van der Waals surface area contributed by atoms with Gasteiger partial charge in [-0.2, -0.15) is 0 Å². The number of allylic oxidation sites excluding steroid dienone is 4. The molecule has 3 aromatic heterocycles. The number of aromatic nitrogens is 3. The van der Waals surface area contributed by atoms with Crippen LogP contribution < -0.4 is 5.32 Å². The normalized spacial score (nSPS) is 16.7. The fourth-order valence-electron chi connectivity index (χ4n) is 5.57. The molecule has 2 atom stereocenters. The molecule has 1 fully saturated rings. The molecule has 0 aromatic carbocycles. The van der Waals surface area contributed by atoms with Crippen molar-refractivity contribution in [2.45, 2.75) is 78.8 Å². The van der Waals surface area contributed by atoms with Crippen LogP contribution in [-0.4, -0.2) is 38.8 Å². The molecular weight excluding hydrogens is 510 g/mol. The molecule has 0 bridgehead atoms. The average molecular weight is 556 g/mol. The average Bonchev–Trinajstić information content (AvgIpc) is 3.79. The Kier molecular flexibility index (Phi) is 10.1. The zero-order chi connectivity index (χ0) is 29.5. The first kappa shape index (κ1) is 30.1. The van der Waals surface area contributed by atoms with Gasteiger partial charge in [0.25, 0.3) is 0 Å². The Morgan fingerprint density at radius 1 is 1.07 bits per heavy atom. The largest absolute Gasteiger partial charge is 0.457 e. The van der Waals surface area contributed by atoms with Gasteiger partial charge in [0, 0.05) is 41.5 Å². The van der Waals surface area contributed by atoms with Crippen molar-refractivity contribution in [3.05, 3.63) is 89.2 Å². The van der Waals surface area contributed by atoms with Gasteiger partial charge in [-0.1, -0.05) is 39.2 Å². The Morgan fingerprint density at radius 3 is 2.32 bits per heavy atom. The summed E-state index contributed by atoms with van der Waals surface area (Å²) in [5.41, 5.74) is 7.06. The van der Waals surface area contributed by atoms with E-state index in [1.165, 1.54) is 12.1 Å². The molecule has 0 saturated carbocycles. The highest BCUT2D eigenvalue weighted by atomic mass is 16.3. The summed E-state index contributed by atoms with van der Waals surface area (Å²) in [7, 11) is 0. The minimum Gasteiger partial charge on any atom is -0.457 e. The highest BCUT2D eigenvalue weighted by Crippen LogP contribution is 2.31. The molecule has 0 radical (unpaired) electrons. The molecule has 2 unspecified atom stereocenters. The minimum atomic E-state index is -0.0986. The number of furan rings is 1. The Balaban J connectivity index is 1.61. The summed E-state index contributed by atoms with van der Waals surface area (Å²) >= 11 is 0. The Morgan fingerprint density at radius 2 is 1.76 bits per heavy atom. The molecule has 4 rings (SSSR count). The molecule has 1 saturated heterocycles. The summed E-state index contributed by atoms with van der Waals surface area (Å²) in [6, 6.07) is 4.55. The van der Waals surface area contributed by atoms with Crippen LogP contribution in [0.25, 0.3) is 23.3 Å². The number of nitrogens with one attached hydrogen (secondary N) is 3. The number of nitrogens with zero attached hydrogens (tertiary/aromatic N) is 2. The van der Waals surface area contributed by atoms with E-state index >= 15 is 0 Å². The lowest BCUT2D eigenvalue weighted by Gasteiger charge is -2.28. The predicted molar refractivity (Wildman–Crippen MR) is 169 cm³/mol. The lowest BCUT2D eigenvalue weighted by Crippen LogP contribution is -2.34. The van der Waals surface area contributed by atoms with Gasteiger partial charge in [-0.05, 0) is 88.4 Å². The summed E-state index contributed by atoms with van der Waals surface area (Å²) < 4.78 is 6.39. The van der Waals surface area contributed by atoms with E-state index in [0.29, 0.717) is 19.0 Å². The molecule has 4 heterocycles. The van der Waals surface area contributed by atoms with Gasteiger partial charge in [-0.3, -0.25) is 4.79 Å². The second-order valence-corrected chi connectivity index (χ2v) is 10.7. The summed E-state index contributed by atoms with van der Waals surface area (Å²) in [5.74, 6) is 2.51. The number of imidazole rings is 1. The Hall–Kier alpha value is -3.84. The summed E-state index contributed by atoms with van der Waals surface area (Å²) in [6.07, 6.45) is 14.0. The number of rotatable bonds is 13. The zero-order valence-electron chi connectivity index (χ0n) is 25.3. The van der Waals surface area contributed by atoms with Crippen LogP contribution in [0.2, 0.25) is 0 Å². The van der Waals surface area contributed by atoms with Crippen LogP contribution in [0.15, 0.2) is 48.1 Å². The predicted octanol–water partition coefficient (Wildman–Crippen LogP) is 7.93. The van der Waals surface area contributed by atoms with Crippen LogP contribution in [-0.2, 0) is 4.79 Å². The zero-order valence-corrected chi connectivity index (χ0v) is 25.3. The van der Waals surface area contributed by atoms with E-state index in [4.69, 9.17) is 4.42 Å². The molecule has 0 spiro atoms. The van der Waals surface area contributed by atoms with Crippen LogP contribution in [0, 0.1) is 13.8 Å². The maximum Gasteiger partial charge on any atom is 0.223 e. The van der Waals surface area contributed by atoms with E-state index < -0.39 is 0 Å². The first-order valence-electron chi connectivity index (χ1n) is 14.9. The van der Waals surface area contributed by atoms with Crippen molar-refractivity contribution in [3.63, 3.8) is 0 Å². The lowest BCUT2D eigenvalue weighted by atomic mass is 10.1. The number of hydrogen-bond acceptors (Lipinski definition) is 4. The second-order valence-electron chi connectivity index (χ2n) is 10.7. The molecule has 3 N–H and O–H groups in total. The SMILES string of the molecule is C=C/C(=C\c1oc(/C=C(\C=C)c2cnc(C(CC)N(CC)C(=O)CCC)[nH]2)c(C)c1C)c1ccc(C2CCCN2)[nH]1. The number of carbonyl (C=O) groups excluding carboxylic acids is 1. The quantitative estimate of drug-likeness (QED) is 0.187. The van der Waals surface area contributed by atoms with Crippen molar-refractivity contribution in [3.8, 4) is 0 Å². The maximum absolute atomic E-state index is 12.7. The highest BCUT2D eigenvalue weighted by molar-refractivity contribution is 5.88. The minimum absolute atomic E-state index is 0.0986. The van der Waals surface area contributed by atoms with E-state index in [0.717, 1.165) is 76.8 Å². The van der Waals surface area contributed by atoms with Gasteiger partial charge in [0.05, 0.1) is 17.9 Å². The van der Waals surface area contributed by atoms with E-state index in [-0.39, 0.29) is 11.9 Å². The molecule has 7 nitrogen and oxygen atoms in total. The van der Waals surface area contributed by atoms with Crippen LogP contribution >= 0.6 is 0 Å². The van der Waals surface area contributed by atoms with Crippen LogP contribution in [0.1, 0.15) is 111 Å². The van der Waals surface area contributed by atoms with Gasteiger partial charge >= 0.3 is 0 Å². The fraction of sp³-hybridized carbons (Fsp3) is 0.412. The smallest absolute Gasteiger partial charge is 0.223 e. The van der Waals surface area contributed by atoms with Gasteiger partial charge in [0.15, 0.2) is 0 Å². The Labute approximate surface area is 244 Å². The van der Waals surface area contributed by atoms with Crippen LogP contribution in [0.3, 0.4) is 0 Å². The molecule has 41 heavy (non-hydrogen) atoms. The van der Waals surface area contributed by atoms with Crippen molar-refractivity contribution >= 4 is 29.2 Å². The van der Waals surface area contributed by atoms with E-state index in [9.17, 15) is 4.79 Å². The topological polar surface area (TPSA) is 89.9 Å².